The van der Waals surface area contributed by atoms with E-state index < -0.39 is 0 Å². The molecule has 1 saturated heterocycles. The summed E-state index contributed by atoms with van der Waals surface area (Å²) in [4.78, 5) is 43.0. The minimum atomic E-state index is -0.342. The van der Waals surface area contributed by atoms with Gasteiger partial charge in [-0.1, -0.05) is 30.3 Å². The summed E-state index contributed by atoms with van der Waals surface area (Å²) in [6.07, 6.45) is 1.89. The van der Waals surface area contributed by atoms with E-state index in [1.54, 1.807) is 48.5 Å². The number of benzene rings is 2. The maximum atomic E-state index is 13.5. The van der Waals surface area contributed by atoms with Crippen LogP contribution in [-0.2, 0) is 4.79 Å². The van der Waals surface area contributed by atoms with Gasteiger partial charge in [0.05, 0.1) is 12.8 Å². The summed E-state index contributed by atoms with van der Waals surface area (Å²) in [6, 6.07) is 13.7. The van der Waals surface area contributed by atoms with Crippen molar-refractivity contribution in [2.45, 2.75) is 19.8 Å². The predicted molar refractivity (Wildman–Crippen MR) is 109 cm³/mol. The maximum Gasteiger partial charge on any atom is 0.228 e. The van der Waals surface area contributed by atoms with Crippen LogP contribution in [0.3, 0.4) is 0 Å². The van der Waals surface area contributed by atoms with Gasteiger partial charge in [-0.2, -0.15) is 0 Å². The van der Waals surface area contributed by atoms with Crippen LogP contribution in [0.1, 0.15) is 40.5 Å². The number of Topliss-reactive ketones (excluding diaryl/α,β-unsaturated/α-hetero) is 2. The Bertz CT molecular complexity index is 1030. The highest BCUT2D eigenvalue weighted by Crippen LogP contribution is 2.35. The highest BCUT2D eigenvalue weighted by Gasteiger charge is 2.40. The zero-order valence-electron chi connectivity index (χ0n) is 16.5. The molecule has 0 spiro atoms. The summed E-state index contributed by atoms with van der Waals surface area (Å²) >= 11 is 0. The molecule has 29 heavy (non-hydrogen) atoms. The van der Waals surface area contributed by atoms with Gasteiger partial charge in [-0.25, -0.2) is 0 Å². The first kappa shape index (κ1) is 18.9. The number of anilines is 1. The molecule has 4 rings (SSSR count). The minimum Gasteiger partial charge on any atom is -0.497 e. The van der Waals surface area contributed by atoms with Crippen LogP contribution >= 0.6 is 0 Å². The average molecular weight is 390 g/mol. The van der Waals surface area contributed by atoms with Crippen LogP contribution in [0.2, 0.25) is 0 Å². The molecule has 1 amide bonds. The first-order valence-corrected chi connectivity index (χ1v) is 9.65. The topological polar surface area (TPSA) is 66.9 Å². The van der Waals surface area contributed by atoms with Gasteiger partial charge in [0, 0.05) is 37.2 Å². The molecule has 0 atom stereocenters. The van der Waals surface area contributed by atoms with E-state index in [2.05, 4.69) is 0 Å². The van der Waals surface area contributed by atoms with Crippen molar-refractivity contribution in [2.24, 2.45) is 0 Å². The summed E-state index contributed by atoms with van der Waals surface area (Å²) < 4.78 is 5.29. The molecule has 0 unspecified atom stereocenters. The SMILES string of the molecule is COc1cccc(N(C(C)=O)C2=C(N3CCCC3)C(=O)c3ccccc3C2=O)c1. The van der Waals surface area contributed by atoms with Crippen LogP contribution in [0.25, 0.3) is 0 Å². The second kappa shape index (κ2) is 7.54. The lowest BCUT2D eigenvalue weighted by Gasteiger charge is -2.33. The van der Waals surface area contributed by atoms with Crippen molar-refractivity contribution in [2.75, 3.05) is 25.1 Å². The van der Waals surface area contributed by atoms with E-state index in [0.717, 1.165) is 12.8 Å². The largest absolute Gasteiger partial charge is 0.497 e. The minimum absolute atomic E-state index is 0.122. The number of amides is 1. The molecule has 6 nitrogen and oxygen atoms in total. The van der Waals surface area contributed by atoms with E-state index in [9.17, 15) is 14.4 Å². The van der Waals surface area contributed by atoms with E-state index in [1.165, 1.54) is 18.9 Å². The van der Waals surface area contributed by atoms with Crippen LogP contribution in [0.5, 0.6) is 5.75 Å². The number of carbonyl (C=O) groups is 3. The van der Waals surface area contributed by atoms with E-state index in [0.29, 0.717) is 41.4 Å². The zero-order chi connectivity index (χ0) is 20.5. The van der Waals surface area contributed by atoms with Gasteiger partial charge in [0.25, 0.3) is 0 Å². The second-order valence-electron chi connectivity index (χ2n) is 7.15. The molecule has 2 aromatic carbocycles. The van der Waals surface area contributed by atoms with Crippen molar-refractivity contribution in [3.8, 4) is 5.75 Å². The number of hydrogen-bond donors (Lipinski definition) is 0. The summed E-state index contributed by atoms with van der Waals surface area (Å²) in [5.41, 5.74) is 1.63. The molecule has 2 aromatic rings. The van der Waals surface area contributed by atoms with Crippen molar-refractivity contribution in [1.29, 1.82) is 0 Å². The number of nitrogens with zero attached hydrogens (tertiary/aromatic N) is 2. The maximum absolute atomic E-state index is 13.5. The third-order valence-corrected chi connectivity index (χ3v) is 5.34. The molecule has 0 aromatic heterocycles. The number of carbonyl (C=O) groups excluding carboxylic acids is 3. The molecular formula is C23H22N2O4. The van der Waals surface area contributed by atoms with E-state index in [1.807, 2.05) is 4.90 Å². The van der Waals surface area contributed by atoms with Crippen LogP contribution in [0, 0.1) is 0 Å². The standard InChI is InChI=1S/C23H22N2O4/c1-15(26)25(16-8-7-9-17(14-16)29-2)21-20(24-12-5-6-13-24)22(27)18-10-3-4-11-19(18)23(21)28/h3-4,7-11,14H,5-6,12-13H2,1-2H3. The van der Waals surface area contributed by atoms with Crippen LogP contribution < -0.4 is 9.64 Å². The second-order valence-corrected chi connectivity index (χ2v) is 7.15. The molecule has 1 aliphatic carbocycles. The van der Waals surface area contributed by atoms with Crippen LogP contribution in [0.4, 0.5) is 5.69 Å². The van der Waals surface area contributed by atoms with Crippen molar-refractivity contribution >= 4 is 23.2 Å². The Balaban J connectivity index is 1.96. The Kier molecular flexibility index (Phi) is 4.92. The lowest BCUT2D eigenvalue weighted by Crippen LogP contribution is -2.41. The summed E-state index contributed by atoms with van der Waals surface area (Å²) in [5, 5.41) is 0. The fourth-order valence-corrected chi connectivity index (χ4v) is 4.01. The van der Waals surface area contributed by atoms with Crippen molar-refractivity contribution in [3.05, 3.63) is 71.1 Å². The Morgan fingerprint density at radius 3 is 2.24 bits per heavy atom. The first-order chi connectivity index (χ1) is 14.0. The Labute approximate surface area is 169 Å². The summed E-state index contributed by atoms with van der Waals surface area (Å²) in [6.45, 7) is 2.76. The van der Waals surface area contributed by atoms with E-state index >= 15 is 0 Å². The number of fused-ring (bicyclic) bond motifs is 1. The average Bonchev–Trinajstić information content (AvgIpc) is 3.26. The van der Waals surface area contributed by atoms with Gasteiger partial charge in [0.15, 0.2) is 0 Å². The zero-order valence-corrected chi connectivity index (χ0v) is 16.5. The van der Waals surface area contributed by atoms with Gasteiger partial charge < -0.3 is 9.64 Å². The summed E-state index contributed by atoms with van der Waals surface area (Å²) in [5.74, 6) is -0.316. The number of ether oxygens (including phenoxy) is 1. The van der Waals surface area contributed by atoms with Crippen molar-refractivity contribution in [3.63, 3.8) is 0 Å². The van der Waals surface area contributed by atoms with Gasteiger partial charge in [0.1, 0.15) is 17.1 Å². The Morgan fingerprint density at radius 2 is 1.62 bits per heavy atom. The van der Waals surface area contributed by atoms with Gasteiger partial charge in [0.2, 0.25) is 17.5 Å². The molecule has 6 heteroatoms. The van der Waals surface area contributed by atoms with E-state index in [4.69, 9.17) is 4.74 Å². The molecule has 0 radical (unpaired) electrons. The lowest BCUT2D eigenvalue weighted by atomic mass is 9.89. The smallest absolute Gasteiger partial charge is 0.228 e. The van der Waals surface area contributed by atoms with Gasteiger partial charge in [-0.3, -0.25) is 19.3 Å². The fourth-order valence-electron chi connectivity index (χ4n) is 4.01. The molecule has 0 bridgehead atoms. The van der Waals surface area contributed by atoms with Crippen molar-refractivity contribution < 1.29 is 19.1 Å². The van der Waals surface area contributed by atoms with Crippen LogP contribution in [0.15, 0.2) is 59.9 Å². The predicted octanol–water partition coefficient (Wildman–Crippen LogP) is 3.43. The van der Waals surface area contributed by atoms with Crippen LogP contribution in [-0.4, -0.2) is 42.6 Å². The van der Waals surface area contributed by atoms with E-state index in [-0.39, 0.29) is 23.2 Å². The monoisotopic (exact) mass is 390 g/mol. The number of allylic oxidation sites excluding steroid dienone is 2. The van der Waals surface area contributed by atoms with Gasteiger partial charge >= 0.3 is 0 Å². The molecule has 148 valence electrons. The molecule has 1 aliphatic heterocycles. The Hall–Kier alpha value is -3.41. The van der Waals surface area contributed by atoms with Gasteiger partial charge in [-0.05, 0) is 25.0 Å². The number of hydrogen-bond acceptors (Lipinski definition) is 5. The first-order valence-electron chi connectivity index (χ1n) is 9.65. The highest BCUT2D eigenvalue weighted by molar-refractivity contribution is 6.29. The highest BCUT2D eigenvalue weighted by atomic mass is 16.5. The third-order valence-electron chi connectivity index (χ3n) is 5.34. The van der Waals surface area contributed by atoms with Crippen molar-refractivity contribution in [1.82, 2.24) is 4.90 Å². The number of methoxy groups -OCH3 is 1. The molecule has 0 saturated carbocycles. The normalized spacial score (nSPS) is 16.1. The molecule has 1 heterocycles. The molecular weight excluding hydrogens is 368 g/mol. The molecule has 1 fully saturated rings. The number of likely N-dealkylation sites (tertiary alicyclic amines) is 1. The lowest BCUT2D eigenvalue weighted by molar-refractivity contribution is -0.116. The van der Waals surface area contributed by atoms with Gasteiger partial charge in [-0.15, -0.1) is 0 Å². The Morgan fingerprint density at radius 1 is 0.966 bits per heavy atom. The summed E-state index contributed by atoms with van der Waals surface area (Å²) in [7, 11) is 1.54. The number of ketones is 2. The fraction of sp³-hybridized carbons (Fsp3) is 0.261. The quantitative estimate of drug-likeness (QED) is 0.800. The molecule has 0 N–H and O–H groups in total. The number of rotatable bonds is 4. The molecule has 2 aliphatic rings. The third kappa shape index (κ3) is 3.20.